The van der Waals surface area contributed by atoms with Gasteiger partial charge < -0.3 is 15.7 Å². The largest absolute Gasteiger partial charge is 0.481 e. The van der Waals surface area contributed by atoms with Gasteiger partial charge >= 0.3 is 5.97 Å². The van der Waals surface area contributed by atoms with Gasteiger partial charge in [0.2, 0.25) is 5.91 Å². The molecule has 0 saturated carbocycles. The van der Waals surface area contributed by atoms with E-state index in [1.807, 2.05) is 0 Å². The van der Waals surface area contributed by atoms with Gasteiger partial charge in [0.05, 0.1) is 18.0 Å². The molecule has 7 heteroatoms. The minimum atomic E-state index is -0.933. The molecule has 6 nitrogen and oxygen atoms in total. The predicted octanol–water partition coefficient (Wildman–Crippen LogP) is 0.782. The predicted molar refractivity (Wildman–Crippen MR) is 73.2 cm³/mol. The summed E-state index contributed by atoms with van der Waals surface area (Å²) in [6.07, 6.45) is 0.294. The van der Waals surface area contributed by atoms with Gasteiger partial charge in [0.25, 0.3) is 5.91 Å². The fraction of sp³-hybridized carbons (Fsp3) is 0.357. The van der Waals surface area contributed by atoms with Crippen LogP contribution in [0.3, 0.4) is 0 Å². The number of aliphatic carboxylic acids is 1. The molecule has 1 unspecified atom stereocenters. The molecule has 0 heterocycles. The summed E-state index contributed by atoms with van der Waals surface area (Å²) in [6.45, 7) is 1.44. The highest BCUT2D eigenvalue weighted by atomic mass is 19.1. The van der Waals surface area contributed by atoms with Gasteiger partial charge in [-0.3, -0.25) is 14.4 Å². The van der Waals surface area contributed by atoms with Crippen LogP contribution in [0.15, 0.2) is 24.3 Å². The normalized spacial score (nSPS) is 11.5. The maximum absolute atomic E-state index is 13.3. The second kappa shape index (κ2) is 7.98. The van der Waals surface area contributed by atoms with Gasteiger partial charge in [-0.05, 0) is 18.6 Å². The minimum absolute atomic E-state index is 0.134. The summed E-state index contributed by atoms with van der Waals surface area (Å²) in [5, 5.41) is 13.4. The molecule has 114 valence electrons. The smallest absolute Gasteiger partial charge is 0.306 e. The van der Waals surface area contributed by atoms with Crippen LogP contribution in [-0.4, -0.2) is 36.0 Å². The highest BCUT2D eigenvalue weighted by Gasteiger charge is 2.13. The molecule has 2 amide bonds. The lowest BCUT2D eigenvalue weighted by atomic mass is 10.1. The van der Waals surface area contributed by atoms with Crippen molar-refractivity contribution in [2.75, 3.05) is 13.1 Å². The van der Waals surface area contributed by atoms with Crippen molar-refractivity contribution < 1.29 is 23.9 Å². The lowest BCUT2D eigenvalue weighted by Gasteiger charge is -2.09. The number of carbonyl (C=O) groups excluding carboxylic acids is 2. The molecule has 0 bridgehead atoms. The maximum Gasteiger partial charge on any atom is 0.306 e. The van der Waals surface area contributed by atoms with E-state index in [2.05, 4.69) is 10.6 Å². The summed E-state index contributed by atoms with van der Waals surface area (Å²) in [6, 6.07) is 5.45. The van der Waals surface area contributed by atoms with Crippen molar-refractivity contribution in [1.29, 1.82) is 0 Å². The Morgan fingerprint density at radius 1 is 1.24 bits per heavy atom. The molecule has 0 aromatic heterocycles. The number of carboxylic acids is 1. The summed E-state index contributed by atoms with van der Waals surface area (Å²) in [4.78, 5) is 33.7. The third-order valence-electron chi connectivity index (χ3n) is 2.85. The summed E-state index contributed by atoms with van der Waals surface area (Å²) in [5.41, 5.74) is -0.134. The van der Waals surface area contributed by atoms with Crippen LogP contribution in [0.4, 0.5) is 4.39 Å². The molecule has 0 radical (unpaired) electrons. The molecule has 21 heavy (non-hydrogen) atoms. The molecule has 0 saturated heterocycles. The molecular weight excluding hydrogens is 279 g/mol. The average Bonchev–Trinajstić information content (AvgIpc) is 2.45. The highest BCUT2D eigenvalue weighted by Crippen LogP contribution is 2.05. The highest BCUT2D eigenvalue weighted by molar-refractivity contribution is 5.96. The van der Waals surface area contributed by atoms with Gasteiger partial charge in [0.15, 0.2) is 0 Å². The van der Waals surface area contributed by atoms with Crippen LogP contribution in [0.2, 0.25) is 0 Å². The Morgan fingerprint density at radius 2 is 1.90 bits per heavy atom. The van der Waals surface area contributed by atoms with Crippen molar-refractivity contribution in [3.05, 3.63) is 35.6 Å². The number of rotatable bonds is 7. The van der Waals surface area contributed by atoms with Crippen LogP contribution in [-0.2, 0) is 9.59 Å². The lowest BCUT2D eigenvalue weighted by Crippen LogP contribution is -2.38. The first-order valence-corrected chi connectivity index (χ1v) is 6.44. The van der Waals surface area contributed by atoms with E-state index in [9.17, 15) is 18.8 Å². The van der Waals surface area contributed by atoms with Gasteiger partial charge in [-0.1, -0.05) is 19.1 Å². The van der Waals surface area contributed by atoms with E-state index in [0.29, 0.717) is 6.42 Å². The van der Waals surface area contributed by atoms with Gasteiger partial charge in [0.1, 0.15) is 5.82 Å². The number of hydrogen-bond donors (Lipinski definition) is 3. The Bertz CT molecular complexity index is 533. The van der Waals surface area contributed by atoms with Crippen molar-refractivity contribution in [3.63, 3.8) is 0 Å². The van der Waals surface area contributed by atoms with Crippen molar-refractivity contribution in [1.82, 2.24) is 10.6 Å². The Hall–Kier alpha value is -2.44. The third-order valence-corrected chi connectivity index (χ3v) is 2.85. The van der Waals surface area contributed by atoms with Crippen molar-refractivity contribution in [2.24, 2.45) is 5.92 Å². The number of amides is 2. The van der Waals surface area contributed by atoms with Gasteiger partial charge in [-0.25, -0.2) is 4.39 Å². The summed E-state index contributed by atoms with van der Waals surface area (Å²) in [5.74, 6) is -3.29. The SMILES string of the molecule is CC(CCNC(=O)CNC(=O)c1ccccc1F)C(=O)O. The second-order valence-corrected chi connectivity index (χ2v) is 4.54. The number of nitrogens with one attached hydrogen (secondary N) is 2. The van der Waals surface area contributed by atoms with E-state index in [4.69, 9.17) is 5.11 Å². The quantitative estimate of drug-likeness (QED) is 0.693. The van der Waals surface area contributed by atoms with E-state index in [1.54, 1.807) is 0 Å². The summed E-state index contributed by atoms with van der Waals surface area (Å²) >= 11 is 0. The van der Waals surface area contributed by atoms with E-state index in [1.165, 1.54) is 25.1 Å². The molecule has 1 aromatic rings. The lowest BCUT2D eigenvalue weighted by molar-refractivity contribution is -0.141. The van der Waals surface area contributed by atoms with E-state index >= 15 is 0 Å². The Balaban J connectivity index is 2.32. The maximum atomic E-state index is 13.3. The standard InChI is InChI=1S/C14H17FN2O4/c1-9(14(20)21)6-7-16-12(18)8-17-13(19)10-4-2-3-5-11(10)15/h2-5,9H,6-8H2,1H3,(H,16,18)(H,17,19)(H,20,21). The van der Waals surface area contributed by atoms with E-state index < -0.39 is 29.5 Å². The monoisotopic (exact) mass is 296 g/mol. The summed E-state index contributed by atoms with van der Waals surface area (Å²) in [7, 11) is 0. The Labute approximate surface area is 121 Å². The van der Waals surface area contributed by atoms with Gasteiger partial charge in [-0.15, -0.1) is 0 Å². The number of carbonyl (C=O) groups is 3. The number of benzene rings is 1. The van der Waals surface area contributed by atoms with Crippen LogP contribution in [0.5, 0.6) is 0 Å². The van der Waals surface area contributed by atoms with Crippen LogP contribution < -0.4 is 10.6 Å². The molecule has 0 fully saturated rings. The number of halogens is 1. The van der Waals surface area contributed by atoms with Crippen molar-refractivity contribution in [3.8, 4) is 0 Å². The van der Waals surface area contributed by atoms with E-state index in [0.717, 1.165) is 6.07 Å². The van der Waals surface area contributed by atoms with Crippen LogP contribution >= 0.6 is 0 Å². The molecule has 1 aromatic carbocycles. The first-order valence-electron chi connectivity index (χ1n) is 6.44. The number of hydrogen-bond acceptors (Lipinski definition) is 3. The molecule has 0 aliphatic rings. The van der Waals surface area contributed by atoms with Crippen molar-refractivity contribution in [2.45, 2.75) is 13.3 Å². The topological polar surface area (TPSA) is 95.5 Å². The molecule has 1 atom stereocenters. The van der Waals surface area contributed by atoms with Crippen LogP contribution in [0.25, 0.3) is 0 Å². The van der Waals surface area contributed by atoms with E-state index in [-0.39, 0.29) is 18.7 Å². The first-order chi connectivity index (χ1) is 9.91. The van der Waals surface area contributed by atoms with Crippen LogP contribution in [0.1, 0.15) is 23.7 Å². The Morgan fingerprint density at radius 3 is 2.52 bits per heavy atom. The fourth-order valence-corrected chi connectivity index (χ4v) is 1.52. The van der Waals surface area contributed by atoms with Crippen LogP contribution in [0, 0.1) is 11.7 Å². The zero-order valence-electron chi connectivity index (χ0n) is 11.6. The zero-order chi connectivity index (χ0) is 15.8. The zero-order valence-corrected chi connectivity index (χ0v) is 11.6. The minimum Gasteiger partial charge on any atom is -0.481 e. The average molecular weight is 296 g/mol. The molecule has 1 rings (SSSR count). The van der Waals surface area contributed by atoms with Crippen molar-refractivity contribution >= 4 is 17.8 Å². The van der Waals surface area contributed by atoms with Gasteiger partial charge in [-0.2, -0.15) is 0 Å². The Kier molecular flexibility index (Phi) is 6.32. The van der Waals surface area contributed by atoms with Gasteiger partial charge in [0, 0.05) is 6.54 Å². The number of carboxylic acid groups (broad SMARTS) is 1. The molecule has 0 aliphatic carbocycles. The molecular formula is C14H17FN2O4. The second-order valence-electron chi connectivity index (χ2n) is 4.54. The first kappa shape index (κ1) is 16.6. The fourth-order valence-electron chi connectivity index (χ4n) is 1.52. The molecule has 0 spiro atoms. The third kappa shape index (κ3) is 5.60. The summed E-state index contributed by atoms with van der Waals surface area (Å²) < 4.78 is 13.3. The molecule has 3 N–H and O–H groups in total. The molecule has 0 aliphatic heterocycles.